The number of hydrogen-bond acceptors (Lipinski definition) is 8. The van der Waals surface area contributed by atoms with Crippen LogP contribution in [0.1, 0.15) is 22.4 Å². The van der Waals surface area contributed by atoms with E-state index in [1.807, 2.05) is 16.9 Å². The SMILES string of the molecule is Cc1csc(-c2c3c(=O)n(C)c(=O)n(C)c3c3n2C[C@@H](COC(N)=O)S[C@H]3c2ccc(Cl)o2)n1. The molecule has 0 bridgehead atoms. The number of furan rings is 1. The molecule has 34 heavy (non-hydrogen) atoms. The normalized spacial score (nSPS) is 17.8. The van der Waals surface area contributed by atoms with Crippen LogP contribution in [0.5, 0.6) is 0 Å². The molecule has 2 atom stereocenters. The van der Waals surface area contributed by atoms with Crippen LogP contribution in [0.15, 0.2) is 31.5 Å². The maximum atomic E-state index is 13.4. The van der Waals surface area contributed by atoms with Crippen molar-refractivity contribution in [2.24, 2.45) is 19.8 Å². The summed E-state index contributed by atoms with van der Waals surface area (Å²) in [5.41, 5.74) is 7.03. The molecule has 0 radical (unpaired) electrons. The molecule has 5 rings (SSSR count). The second-order valence-electron chi connectivity index (χ2n) is 7.98. The predicted molar refractivity (Wildman–Crippen MR) is 131 cm³/mol. The van der Waals surface area contributed by atoms with Gasteiger partial charge in [-0.15, -0.1) is 23.1 Å². The number of carbonyl (C=O) groups excluding carboxylic acids is 1. The molecule has 0 unspecified atom stereocenters. The number of nitrogens with two attached hydrogens (primary N) is 1. The summed E-state index contributed by atoms with van der Waals surface area (Å²) >= 11 is 8.99. The lowest BCUT2D eigenvalue weighted by Crippen LogP contribution is -2.37. The molecule has 0 spiro atoms. The number of hydrogen-bond donors (Lipinski definition) is 1. The molecule has 10 nitrogen and oxygen atoms in total. The highest BCUT2D eigenvalue weighted by molar-refractivity contribution is 8.00. The average molecular weight is 522 g/mol. The molecule has 0 fully saturated rings. The summed E-state index contributed by atoms with van der Waals surface area (Å²) in [6.45, 7) is 2.34. The topological polar surface area (TPSA) is 127 Å². The van der Waals surface area contributed by atoms with Crippen molar-refractivity contribution in [3.05, 3.63) is 60.7 Å². The van der Waals surface area contributed by atoms with Crippen molar-refractivity contribution in [3.63, 3.8) is 0 Å². The average Bonchev–Trinajstić information content (AvgIpc) is 3.50. The first-order chi connectivity index (χ1) is 16.2. The number of nitrogens with zero attached hydrogens (tertiary/aromatic N) is 4. The Bertz CT molecular complexity index is 1560. The number of fused-ring (bicyclic) bond motifs is 3. The lowest BCUT2D eigenvalue weighted by molar-refractivity contribution is 0.155. The molecular weight excluding hydrogens is 502 g/mol. The number of thiazole rings is 1. The number of aryl methyl sites for hydroxylation is 2. The van der Waals surface area contributed by atoms with Crippen LogP contribution in [0.2, 0.25) is 5.22 Å². The van der Waals surface area contributed by atoms with Gasteiger partial charge in [-0.2, -0.15) is 0 Å². The van der Waals surface area contributed by atoms with Crippen LogP contribution in [0.3, 0.4) is 0 Å². The number of amides is 1. The first-order valence-corrected chi connectivity index (χ1v) is 12.4. The lowest BCUT2D eigenvalue weighted by atomic mass is 10.2. The summed E-state index contributed by atoms with van der Waals surface area (Å²) < 4.78 is 15.4. The molecule has 13 heteroatoms. The molecule has 1 amide bonds. The Labute approximate surface area is 205 Å². The van der Waals surface area contributed by atoms with Crippen LogP contribution < -0.4 is 17.0 Å². The zero-order valence-electron chi connectivity index (χ0n) is 18.4. The van der Waals surface area contributed by atoms with E-state index in [-0.39, 0.29) is 17.1 Å². The minimum Gasteiger partial charge on any atom is -0.448 e. The van der Waals surface area contributed by atoms with E-state index >= 15 is 0 Å². The van der Waals surface area contributed by atoms with E-state index < -0.39 is 22.6 Å². The Kier molecular flexibility index (Phi) is 5.61. The zero-order chi connectivity index (χ0) is 24.3. The van der Waals surface area contributed by atoms with Crippen molar-refractivity contribution in [1.82, 2.24) is 18.7 Å². The highest BCUT2D eigenvalue weighted by Crippen LogP contribution is 2.49. The number of carbonyl (C=O) groups is 1. The second-order valence-corrected chi connectivity index (χ2v) is 10.6. The lowest BCUT2D eigenvalue weighted by Gasteiger charge is -2.30. The molecule has 1 aliphatic heterocycles. The molecule has 4 aromatic heterocycles. The van der Waals surface area contributed by atoms with Crippen LogP contribution in [0.4, 0.5) is 4.79 Å². The first-order valence-electron chi connectivity index (χ1n) is 10.2. The zero-order valence-corrected chi connectivity index (χ0v) is 20.8. The van der Waals surface area contributed by atoms with Crippen molar-refractivity contribution in [3.8, 4) is 10.7 Å². The maximum absolute atomic E-state index is 13.4. The number of rotatable bonds is 4. The first kappa shape index (κ1) is 22.8. The predicted octanol–water partition coefficient (Wildman–Crippen LogP) is 3.02. The van der Waals surface area contributed by atoms with E-state index in [2.05, 4.69) is 4.98 Å². The van der Waals surface area contributed by atoms with Crippen LogP contribution in [-0.2, 0) is 25.4 Å². The van der Waals surface area contributed by atoms with Crippen LogP contribution in [0, 0.1) is 6.92 Å². The summed E-state index contributed by atoms with van der Waals surface area (Å²) in [6.07, 6.45) is -0.867. The highest BCUT2D eigenvalue weighted by atomic mass is 35.5. The fraction of sp³-hybridized carbons (Fsp3) is 0.333. The van der Waals surface area contributed by atoms with Gasteiger partial charge in [-0.25, -0.2) is 14.6 Å². The summed E-state index contributed by atoms with van der Waals surface area (Å²) in [6, 6.07) is 3.40. The second kappa shape index (κ2) is 8.36. The van der Waals surface area contributed by atoms with Crippen molar-refractivity contribution in [2.45, 2.75) is 24.0 Å². The number of halogens is 1. The molecule has 0 aromatic carbocycles. The Morgan fingerprint density at radius 3 is 2.71 bits per heavy atom. The van der Waals surface area contributed by atoms with Gasteiger partial charge in [0.25, 0.3) is 5.56 Å². The van der Waals surface area contributed by atoms with Crippen LogP contribution >= 0.6 is 34.7 Å². The van der Waals surface area contributed by atoms with Gasteiger partial charge in [0.15, 0.2) is 5.22 Å². The third-order valence-electron chi connectivity index (χ3n) is 5.75. The Balaban J connectivity index is 1.87. The van der Waals surface area contributed by atoms with E-state index in [0.717, 1.165) is 16.0 Å². The van der Waals surface area contributed by atoms with E-state index in [0.29, 0.717) is 33.9 Å². The van der Waals surface area contributed by atoms with Crippen LogP contribution in [0.25, 0.3) is 21.6 Å². The quantitative estimate of drug-likeness (QED) is 0.437. The standard InChI is InChI=1S/C21H20ClN5O5S2/c1-9-8-33-18(24-9)15-13-14(25(2)21(30)26(3)19(13)28)16-17(11-4-5-12(22)32-11)34-10(6-27(15)16)7-31-20(23)29/h4-5,8,10,17H,6-7H2,1-3H3,(H2,23,29)/t10-,17-/m0/s1. The van der Waals surface area contributed by atoms with Crippen LogP contribution in [-0.4, -0.2) is 36.6 Å². The minimum atomic E-state index is -0.867. The van der Waals surface area contributed by atoms with E-state index in [1.165, 1.54) is 34.7 Å². The van der Waals surface area contributed by atoms with Gasteiger partial charge in [0.1, 0.15) is 22.6 Å². The third-order valence-corrected chi connectivity index (χ3v) is 8.32. The summed E-state index contributed by atoms with van der Waals surface area (Å²) in [4.78, 5) is 42.3. The number of primary amides is 1. The van der Waals surface area contributed by atoms with Gasteiger partial charge in [0.05, 0.1) is 27.5 Å². The smallest absolute Gasteiger partial charge is 0.404 e. The van der Waals surface area contributed by atoms with E-state index in [1.54, 1.807) is 19.2 Å². The fourth-order valence-corrected chi connectivity index (χ4v) is 6.73. The largest absolute Gasteiger partial charge is 0.448 e. The van der Waals surface area contributed by atoms with E-state index in [9.17, 15) is 14.4 Å². The highest BCUT2D eigenvalue weighted by Gasteiger charge is 2.38. The summed E-state index contributed by atoms with van der Waals surface area (Å²) in [5, 5.41) is 2.53. The van der Waals surface area contributed by atoms with Crippen molar-refractivity contribution < 1.29 is 13.9 Å². The fourth-order valence-electron chi connectivity index (χ4n) is 4.32. The molecule has 5 heterocycles. The van der Waals surface area contributed by atoms with Gasteiger partial charge in [-0.05, 0) is 30.7 Å². The van der Waals surface area contributed by atoms with Gasteiger partial charge >= 0.3 is 11.8 Å². The molecule has 0 saturated carbocycles. The molecule has 178 valence electrons. The Morgan fingerprint density at radius 1 is 1.32 bits per heavy atom. The van der Waals surface area contributed by atoms with Crippen molar-refractivity contribution in [1.29, 1.82) is 0 Å². The molecule has 0 aliphatic carbocycles. The van der Waals surface area contributed by atoms with Crippen molar-refractivity contribution in [2.75, 3.05) is 6.61 Å². The number of aromatic nitrogens is 4. The van der Waals surface area contributed by atoms with Gasteiger partial charge in [0.2, 0.25) is 0 Å². The molecule has 0 saturated heterocycles. The third kappa shape index (κ3) is 3.56. The molecule has 4 aromatic rings. The summed E-state index contributed by atoms with van der Waals surface area (Å²) in [5.74, 6) is 0.550. The Hall–Kier alpha value is -2.96. The van der Waals surface area contributed by atoms with Gasteiger partial charge in [-0.3, -0.25) is 13.9 Å². The molecule has 2 N–H and O–H groups in total. The minimum absolute atomic E-state index is 0.0617. The van der Waals surface area contributed by atoms with Gasteiger partial charge < -0.3 is 19.5 Å². The molecule has 1 aliphatic rings. The van der Waals surface area contributed by atoms with Crippen molar-refractivity contribution >= 4 is 51.7 Å². The summed E-state index contributed by atoms with van der Waals surface area (Å²) in [7, 11) is 3.10. The number of thioether (sulfide) groups is 1. The number of ether oxygens (including phenoxy) is 1. The maximum Gasteiger partial charge on any atom is 0.404 e. The molecular formula is C21H20ClN5O5S2. The van der Waals surface area contributed by atoms with Gasteiger partial charge in [0, 0.05) is 31.7 Å². The Morgan fingerprint density at radius 2 is 2.09 bits per heavy atom. The monoisotopic (exact) mass is 521 g/mol. The van der Waals surface area contributed by atoms with Gasteiger partial charge in [-0.1, -0.05) is 0 Å². The van der Waals surface area contributed by atoms with E-state index in [4.69, 9.17) is 26.5 Å².